The molecule has 0 aliphatic heterocycles. The number of hydrogen-bond acceptors (Lipinski definition) is 5. The van der Waals surface area contributed by atoms with Gasteiger partial charge in [-0.25, -0.2) is 4.39 Å². The van der Waals surface area contributed by atoms with Crippen LogP contribution >= 0.6 is 0 Å². The quantitative estimate of drug-likeness (QED) is 0.173. The molecule has 0 unspecified atom stereocenters. The van der Waals surface area contributed by atoms with Crippen LogP contribution in [0.15, 0.2) is 84.9 Å². The Morgan fingerprint density at radius 3 is 1.93 bits per heavy atom. The Balaban J connectivity index is 1.99. The van der Waals surface area contributed by atoms with Gasteiger partial charge in [-0.15, -0.1) is 0 Å². The minimum Gasteiger partial charge on any atom is -0.390 e. The highest BCUT2D eigenvalue weighted by atomic mass is 19.1. The molecule has 5 N–H and O–H groups in total. The van der Waals surface area contributed by atoms with Crippen LogP contribution in [0.2, 0.25) is 0 Å². The fraction of sp³-hybridized carbons (Fsp3) is 0.303. The first-order valence-electron chi connectivity index (χ1n) is 13.8. The topological polar surface area (TPSA) is 115 Å². The van der Waals surface area contributed by atoms with E-state index in [1.165, 1.54) is 12.1 Å². The number of aliphatic hydroxyl groups is 4. The fourth-order valence-electron chi connectivity index (χ4n) is 5.16. The minimum atomic E-state index is -1.66. The van der Waals surface area contributed by atoms with Crippen LogP contribution in [-0.4, -0.2) is 55.3 Å². The van der Waals surface area contributed by atoms with Crippen molar-refractivity contribution in [2.75, 3.05) is 5.32 Å². The number of hydrogen-bond donors (Lipinski definition) is 5. The van der Waals surface area contributed by atoms with E-state index in [0.717, 1.165) is 5.56 Å². The molecule has 4 aromatic rings. The molecule has 3 aromatic carbocycles. The average Bonchev–Trinajstić information content (AvgIpc) is 3.32. The van der Waals surface area contributed by atoms with Crippen LogP contribution in [0.1, 0.15) is 49.2 Å². The summed E-state index contributed by atoms with van der Waals surface area (Å²) in [7, 11) is 0. The van der Waals surface area contributed by atoms with E-state index in [4.69, 9.17) is 0 Å². The zero-order valence-corrected chi connectivity index (χ0v) is 23.4. The van der Waals surface area contributed by atoms with Gasteiger partial charge in [0.15, 0.2) is 0 Å². The lowest BCUT2D eigenvalue weighted by Crippen LogP contribution is -2.46. The summed E-state index contributed by atoms with van der Waals surface area (Å²) in [5.41, 5.74) is 4.05. The van der Waals surface area contributed by atoms with Gasteiger partial charge in [0.25, 0.3) is 5.91 Å². The van der Waals surface area contributed by atoms with Gasteiger partial charge < -0.3 is 30.3 Å². The molecule has 0 fully saturated rings. The molecule has 0 aliphatic rings. The van der Waals surface area contributed by atoms with E-state index in [9.17, 15) is 29.6 Å². The van der Waals surface area contributed by atoms with Crippen molar-refractivity contribution in [2.24, 2.45) is 0 Å². The van der Waals surface area contributed by atoms with E-state index in [2.05, 4.69) is 5.32 Å². The van der Waals surface area contributed by atoms with Crippen LogP contribution in [0.5, 0.6) is 0 Å². The van der Waals surface area contributed by atoms with Gasteiger partial charge in [-0.3, -0.25) is 4.79 Å². The van der Waals surface area contributed by atoms with Crippen molar-refractivity contribution in [2.45, 2.75) is 64.1 Å². The van der Waals surface area contributed by atoms with E-state index < -0.39 is 30.2 Å². The van der Waals surface area contributed by atoms with Crippen molar-refractivity contribution in [1.29, 1.82) is 0 Å². The monoisotopic (exact) mass is 560 g/mol. The molecule has 8 heteroatoms. The number of aliphatic hydroxyl groups excluding tert-OH is 4. The Morgan fingerprint density at radius 2 is 1.37 bits per heavy atom. The Hall–Kier alpha value is -3.82. The van der Waals surface area contributed by atoms with Gasteiger partial charge >= 0.3 is 0 Å². The summed E-state index contributed by atoms with van der Waals surface area (Å²) in [6, 6.07) is 24.3. The van der Waals surface area contributed by atoms with E-state index in [1.807, 2.05) is 62.4 Å². The predicted octanol–water partition coefficient (Wildman–Crippen LogP) is 5.19. The summed E-state index contributed by atoms with van der Waals surface area (Å²) in [6.45, 7) is 5.30. The molecule has 0 radical (unpaired) electrons. The first-order chi connectivity index (χ1) is 19.6. The van der Waals surface area contributed by atoms with Gasteiger partial charge in [0, 0.05) is 16.9 Å². The number of nitrogens with one attached hydrogen (secondary N) is 1. The van der Waals surface area contributed by atoms with E-state index >= 15 is 0 Å². The van der Waals surface area contributed by atoms with Crippen LogP contribution in [0, 0.1) is 5.82 Å². The molecule has 0 saturated carbocycles. The summed E-state index contributed by atoms with van der Waals surface area (Å²) < 4.78 is 15.8. The highest BCUT2D eigenvalue weighted by molar-refractivity contribution is 6.12. The molecule has 0 bridgehead atoms. The highest BCUT2D eigenvalue weighted by Crippen LogP contribution is 2.42. The van der Waals surface area contributed by atoms with Gasteiger partial charge in [-0.2, -0.15) is 0 Å². The third-order valence-electron chi connectivity index (χ3n) is 7.22. The number of carbonyl (C=O) groups excluding carboxylic acids is 1. The number of halogens is 1. The summed E-state index contributed by atoms with van der Waals surface area (Å²) in [5, 5.41) is 45.5. The van der Waals surface area contributed by atoms with Gasteiger partial charge in [0.05, 0.1) is 23.9 Å². The summed E-state index contributed by atoms with van der Waals surface area (Å²) in [5.74, 6) is -1.01. The molecule has 0 aliphatic carbocycles. The maximum atomic E-state index is 14.1. The standard InChI is InChI=1S/C33H37FN2O5/c1-4-25(37)31(39)32(40)26(38)19-36-29(20(2)3)28(33(41)35-24-13-9-6-10-14-24)27(21-11-7-5-8-12-21)30(36)22-15-17-23(34)18-16-22/h5-18,20,25-26,31-32,37-40H,4,19H2,1-3H3,(H,35,41)/t25-,26-,31+,32+/m0/s1. The maximum absolute atomic E-state index is 14.1. The molecule has 7 nitrogen and oxygen atoms in total. The van der Waals surface area contributed by atoms with Crippen molar-refractivity contribution in [3.63, 3.8) is 0 Å². The number of benzene rings is 3. The molecular weight excluding hydrogens is 523 g/mol. The predicted molar refractivity (Wildman–Crippen MR) is 158 cm³/mol. The lowest BCUT2D eigenvalue weighted by molar-refractivity contribution is -0.108. The zero-order valence-electron chi connectivity index (χ0n) is 23.4. The Labute approximate surface area is 239 Å². The first kappa shape index (κ1) is 30.1. The second-order valence-corrected chi connectivity index (χ2v) is 10.5. The molecule has 0 spiro atoms. The maximum Gasteiger partial charge on any atom is 0.258 e. The number of carbonyl (C=O) groups is 1. The normalized spacial score (nSPS) is 14.5. The van der Waals surface area contributed by atoms with Gasteiger partial charge in [0.2, 0.25) is 0 Å². The number of nitrogens with zero attached hydrogens (tertiary/aromatic N) is 1. The lowest BCUT2D eigenvalue weighted by atomic mass is 9.94. The largest absolute Gasteiger partial charge is 0.390 e. The van der Waals surface area contributed by atoms with Crippen molar-refractivity contribution in [3.8, 4) is 22.4 Å². The van der Waals surface area contributed by atoms with Crippen LogP contribution in [-0.2, 0) is 6.54 Å². The molecular formula is C33H37FN2O5. The zero-order chi connectivity index (χ0) is 29.7. The van der Waals surface area contributed by atoms with E-state index in [1.54, 1.807) is 35.8 Å². The van der Waals surface area contributed by atoms with Crippen LogP contribution in [0.4, 0.5) is 10.1 Å². The number of para-hydroxylation sites is 1. The smallest absolute Gasteiger partial charge is 0.258 e. The molecule has 1 aromatic heterocycles. The highest BCUT2D eigenvalue weighted by Gasteiger charge is 2.34. The number of amides is 1. The first-order valence-corrected chi connectivity index (χ1v) is 13.8. The SMILES string of the molecule is CC[C@H](O)[C@@H](O)[C@H](O)[C@@H](O)Cn1c(-c2ccc(F)cc2)c(-c2ccccc2)c(C(=O)Nc2ccccc2)c1C(C)C. The van der Waals surface area contributed by atoms with Gasteiger partial charge in [-0.1, -0.05) is 69.3 Å². The van der Waals surface area contributed by atoms with Crippen LogP contribution in [0.25, 0.3) is 22.4 Å². The minimum absolute atomic E-state index is 0.189. The Morgan fingerprint density at radius 1 is 0.805 bits per heavy atom. The second kappa shape index (κ2) is 13.2. The fourth-order valence-corrected chi connectivity index (χ4v) is 5.16. The van der Waals surface area contributed by atoms with Crippen LogP contribution in [0.3, 0.4) is 0 Å². The third-order valence-corrected chi connectivity index (χ3v) is 7.22. The molecule has 0 saturated heterocycles. The number of aromatic nitrogens is 1. The number of anilines is 1. The average molecular weight is 561 g/mol. The third kappa shape index (κ3) is 6.57. The molecule has 4 atom stereocenters. The molecule has 41 heavy (non-hydrogen) atoms. The van der Waals surface area contributed by atoms with E-state index in [-0.39, 0.29) is 24.8 Å². The summed E-state index contributed by atoms with van der Waals surface area (Å²) >= 11 is 0. The number of rotatable bonds is 11. The second-order valence-electron chi connectivity index (χ2n) is 10.5. The van der Waals surface area contributed by atoms with Crippen molar-refractivity contribution in [1.82, 2.24) is 4.57 Å². The summed E-state index contributed by atoms with van der Waals surface area (Å²) in [4.78, 5) is 14.1. The van der Waals surface area contributed by atoms with Crippen molar-refractivity contribution < 1.29 is 29.6 Å². The van der Waals surface area contributed by atoms with Crippen molar-refractivity contribution >= 4 is 11.6 Å². The van der Waals surface area contributed by atoms with Gasteiger partial charge in [0.1, 0.15) is 24.1 Å². The summed E-state index contributed by atoms with van der Waals surface area (Å²) in [6.07, 6.45) is -5.76. The molecule has 1 amide bonds. The molecule has 4 rings (SSSR count). The van der Waals surface area contributed by atoms with E-state index in [0.29, 0.717) is 33.8 Å². The van der Waals surface area contributed by atoms with Crippen LogP contribution < -0.4 is 5.32 Å². The van der Waals surface area contributed by atoms with Gasteiger partial charge in [-0.05, 0) is 59.9 Å². The Kier molecular flexibility index (Phi) is 9.73. The Bertz CT molecular complexity index is 1440. The molecule has 216 valence electrons. The molecule has 1 heterocycles. The van der Waals surface area contributed by atoms with Crippen molar-refractivity contribution in [3.05, 3.63) is 102 Å². The lowest BCUT2D eigenvalue weighted by Gasteiger charge is -2.28.